The van der Waals surface area contributed by atoms with Crippen LogP contribution >= 0.6 is 0 Å². The average molecular weight is 344 g/mol. The summed E-state index contributed by atoms with van der Waals surface area (Å²) in [6.45, 7) is 6.30. The molecule has 134 valence electrons. The summed E-state index contributed by atoms with van der Waals surface area (Å²) < 4.78 is 13.2. The Morgan fingerprint density at radius 2 is 1.76 bits per heavy atom. The summed E-state index contributed by atoms with van der Waals surface area (Å²) in [5, 5.41) is 11.0. The average Bonchev–Trinajstić information content (AvgIpc) is 2.53. The van der Waals surface area contributed by atoms with Crippen molar-refractivity contribution in [3.63, 3.8) is 0 Å². The van der Waals surface area contributed by atoms with E-state index in [9.17, 15) is 9.18 Å². The molecule has 1 aromatic carbocycles. The zero-order chi connectivity index (χ0) is 18.6. The van der Waals surface area contributed by atoms with Crippen molar-refractivity contribution in [3.05, 3.63) is 53.5 Å². The van der Waals surface area contributed by atoms with Gasteiger partial charge < -0.3 is 10.2 Å². The number of carbonyl (C=O) groups is 1. The molecule has 0 aliphatic heterocycles. The van der Waals surface area contributed by atoms with E-state index in [1.54, 1.807) is 24.3 Å². The van der Waals surface area contributed by atoms with E-state index in [0.29, 0.717) is 12.2 Å². The Morgan fingerprint density at radius 1 is 1.12 bits per heavy atom. The molecular weight excluding hydrogens is 319 g/mol. The van der Waals surface area contributed by atoms with Gasteiger partial charge in [-0.2, -0.15) is 0 Å². The number of anilines is 1. The van der Waals surface area contributed by atoms with E-state index in [1.807, 2.05) is 19.0 Å². The van der Waals surface area contributed by atoms with E-state index in [1.165, 1.54) is 12.1 Å². The summed E-state index contributed by atoms with van der Waals surface area (Å²) in [7, 11) is 3.72. The molecule has 2 rings (SSSR count). The van der Waals surface area contributed by atoms with Gasteiger partial charge in [-0.1, -0.05) is 32.9 Å². The topological polar surface area (TPSA) is 58.1 Å². The molecule has 0 saturated carbocycles. The summed E-state index contributed by atoms with van der Waals surface area (Å²) in [4.78, 5) is 14.4. The molecule has 0 aliphatic rings. The number of amides is 1. The van der Waals surface area contributed by atoms with Crippen LogP contribution < -0.4 is 10.2 Å². The van der Waals surface area contributed by atoms with Crippen LogP contribution in [-0.4, -0.2) is 30.2 Å². The molecule has 0 aliphatic carbocycles. The van der Waals surface area contributed by atoms with E-state index in [0.717, 1.165) is 5.56 Å². The number of hydrogen-bond acceptors (Lipinski definition) is 4. The van der Waals surface area contributed by atoms with Crippen LogP contribution in [0, 0.1) is 11.2 Å². The first kappa shape index (κ1) is 18.8. The van der Waals surface area contributed by atoms with Gasteiger partial charge in [0.15, 0.2) is 11.5 Å². The van der Waals surface area contributed by atoms with Gasteiger partial charge in [-0.15, -0.1) is 10.2 Å². The standard InChI is InChI=1S/C19H25FN4O/c1-19(2,3)12-16(13-6-8-14(20)9-7-13)21-18(25)15-10-11-17(23-22-15)24(4)5/h6-11,16H,12H2,1-5H3,(H,21,25). The fourth-order valence-corrected chi connectivity index (χ4v) is 2.48. The lowest BCUT2D eigenvalue weighted by Crippen LogP contribution is -2.32. The molecular formula is C19H25FN4O. The summed E-state index contributed by atoms with van der Waals surface area (Å²) in [6.07, 6.45) is 0.716. The number of rotatable bonds is 5. The Morgan fingerprint density at radius 3 is 2.24 bits per heavy atom. The van der Waals surface area contributed by atoms with Crippen molar-refractivity contribution in [3.8, 4) is 0 Å². The third-order valence-corrected chi connectivity index (χ3v) is 3.74. The van der Waals surface area contributed by atoms with Crippen molar-refractivity contribution >= 4 is 11.7 Å². The van der Waals surface area contributed by atoms with Gasteiger partial charge in [-0.25, -0.2) is 4.39 Å². The van der Waals surface area contributed by atoms with Gasteiger partial charge in [0.25, 0.3) is 5.91 Å². The first-order chi connectivity index (χ1) is 11.7. The third-order valence-electron chi connectivity index (χ3n) is 3.74. The van der Waals surface area contributed by atoms with Crippen molar-refractivity contribution in [1.29, 1.82) is 0 Å². The van der Waals surface area contributed by atoms with Crippen LogP contribution in [-0.2, 0) is 0 Å². The highest BCUT2D eigenvalue weighted by Crippen LogP contribution is 2.29. The molecule has 2 aromatic rings. The number of carbonyl (C=O) groups excluding carboxylic acids is 1. The third kappa shape index (κ3) is 5.52. The first-order valence-corrected chi connectivity index (χ1v) is 8.23. The van der Waals surface area contributed by atoms with Gasteiger partial charge in [-0.3, -0.25) is 4.79 Å². The Kier molecular flexibility index (Phi) is 5.72. The Labute approximate surface area is 148 Å². The summed E-state index contributed by atoms with van der Waals surface area (Å²) >= 11 is 0. The minimum absolute atomic E-state index is 0.00715. The number of benzene rings is 1. The normalized spacial score (nSPS) is 12.6. The van der Waals surface area contributed by atoms with E-state index in [-0.39, 0.29) is 28.9 Å². The molecule has 0 fully saturated rings. The van der Waals surface area contributed by atoms with Crippen LogP contribution in [0.3, 0.4) is 0 Å². The van der Waals surface area contributed by atoms with Crippen molar-refractivity contribution in [2.75, 3.05) is 19.0 Å². The van der Waals surface area contributed by atoms with E-state index >= 15 is 0 Å². The zero-order valence-corrected chi connectivity index (χ0v) is 15.4. The minimum Gasteiger partial charge on any atom is -0.361 e. The van der Waals surface area contributed by atoms with E-state index in [4.69, 9.17) is 0 Å². The van der Waals surface area contributed by atoms with Crippen molar-refractivity contribution in [2.45, 2.75) is 33.2 Å². The largest absolute Gasteiger partial charge is 0.361 e. The molecule has 1 amide bonds. The molecule has 1 aromatic heterocycles. The second-order valence-electron chi connectivity index (χ2n) is 7.51. The quantitative estimate of drug-likeness (QED) is 0.900. The summed E-state index contributed by atoms with van der Waals surface area (Å²) in [5.74, 6) is 0.0902. The lowest BCUT2D eigenvalue weighted by Gasteiger charge is -2.27. The smallest absolute Gasteiger partial charge is 0.272 e. The second-order valence-corrected chi connectivity index (χ2v) is 7.51. The van der Waals surface area contributed by atoms with Gasteiger partial charge >= 0.3 is 0 Å². The lowest BCUT2D eigenvalue weighted by atomic mass is 9.85. The molecule has 0 radical (unpaired) electrons. The predicted octanol–water partition coefficient (Wildman–Crippen LogP) is 3.59. The molecule has 1 N–H and O–H groups in total. The van der Waals surface area contributed by atoms with Crippen molar-refractivity contribution in [2.24, 2.45) is 5.41 Å². The Hall–Kier alpha value is -2.50. The highest BCUT2D eigenvalue weighted by Gasteiger charge is 2.23. The molecule has 1 unspecified atom stereocenters. The maximum atomic E-state index is 13.2. The van der Waals surface area contributed by atoms with Gasteiger partial charge in [-0.05, 0) is 41.7 Å². The van der Waals surface area contributed by atoms with E-state index < -0.39 is 0 Å². The van der Waals surface area contributed by atoms with Gasteiger partial charge in [0.2, 0.25) is 0 Å². The molecule has 1 atom stereocenters. The van der Waals surface area contributed by atoms with Crippen molar-refractivity contribution < 1.29 is 9.18 Å². The van der Waals surface area contributed by atoms with Crippen molar-refractivity contribution in [1.82, 2.24) is 15.5 Å². The Bertz CT molecular complexity index is 706. The summed E-state index contributed by atoms with van der Waals surface area (Å²) in [6, 6.07) is 9.38. The van der Waals surface area contributed by atoms with Crippen LogP contribution in [0.2, 0.25) is 0 Å². The lowest BCUT2D eigenvalue weighted by molar-refractivity contribution is 0.0920. The molecule has 5 nitrogen and oxygen atoms in total. The van der Waals surface area contributed by atoms with Gasteiger partial charge in [0.1, 0.15) is 5.82 Å². The fourth-order valence-electron chi connectivity index (χ4n) is 2.48. The molecule has 25 heavy (non-hydrogen) atoms. The molecule has 1 heterocycles. The van der Waals surface area contributed by atoms with Gasteiger partial charge in [0, 0.05) is 14.1 Å². The predicted molar refractivity (Wildman–Crippen MR) is 97.0 cm³/mol. The maximum Gasteiger partial charge on any atom is 0.272 e. The number of hydrogen-bond donors (Lipinski definition) is 1. The number of aromatic nitrogens is 2. The van der Waals surface area contributed by atoms with Crippen LogP contribution in [0.5, 0.6) is 0 Å². The van der Waals surface area contributed by atoms with E-state index in [2.05, 4.69) is 36.3 Å². The second kappa shape index (κ2) is 7.59. The maximum absolute atomic E-state index is 13.2. The Balaban J connectivity index is 2.20. The highest BCUT2D eigenvalue weighted by atomic mass is 19.1. The van der Waals surface area contributed by atoms with Crippen LogP contribution in [0.4, 0.5) is 10.2 Å². The van der Waals surface area contributed by atoms with Crippen LogP contribution in [0.15, 0.2) is 36.4 Å². The van der Waals surface area contributed by atoms with Gasteiger partial charge in [0.05, 0.1) is 6.04 Å². The molecule has 0 spiro atoms. The number of halogens is 1. The minimum atomic E-state index is -0.297. The first-order valence-electron chi connectivity index (χ1n) is 8.23. The number of nitrogens with zero attached hydrogens (tertiary/aromatic N) is 3. The number of nitrogens with one attached hydrogen (secondary N) is 1. The summed E-state index contributed by atoms with van der Waals surface area (Å²) in [5.41, 5.74) is 1.11. The van der Waals surface area contributed by atoms with Crippen LogP contribution in [0.25, 0.3) is 0 Å². The molecule has 0 saturated heterocycles. The monoisotopic (exact) mass is 344 g/mol. The molecule has 0 bridgehead atoms. The highest BCUT2D eigenvalue weighted by molar-refractivity contribution is 5.92. The zero-order valence-electron chi connectivity index (χ0n) is 15.4. The van der Waals surface area contributed by atoms with Crippen LogP contribution in [0.1, 0.15) is 49.3 Å². The SMILES string of the molecule is CN(C)c1ccc(C(=O)NC(CC(C)(C)C)c2ccc(F)cc2)nn1. The fraction of sp³-hybridized carbons (Fsp3) is 0.421. The molecule has 6 heteroatoms.